The Hall–Kier alpha value is -0.880. The van der Waals surface area contributed by atoms with E-state index in [1.165, 1.54) is 23.5 Å². The molecule has 0 spiro atoms. The van der Waals surface area contributed by atoms with Gasteiger partial charge < -0.3 is 0 Å². The van der Waals surface area contributed by atoms with E-state index < -0.39 is 10.0 Å². The summed E-state index contributed by atoms with van der Waals surface area (Å²) in [6, 6.07) is 0.0777. The molecule has 1 aromatic rings. The number of nitrogens with zero attached hydrogens (tertiary/aromatic N) is 2. The molecule has 1 aliphatic rings. The summed E-state index contributed by atoms with van der Waals surface area (Å²) in [6.07, 6.45) is 8.34. The fraction of sp³-hybridized carbons (Fsp3) is 0.750. The van der Waals surface area contributed by atoms with Crippen molar-refractivity contribution in [1.29, 1.82) is 0 Å². The Labute approximate surface area is 109 Å². The fourth-order valence-electron chi connectivity index (χ4n) is 2.66. The van der Waals surface area contributed by atoms with E-state index in [4.69, 9.17) is 0 Å². The zero-order valence-electron chi connectivity index (χ0n) is 11.0. The molecule has 1 aromatic heterocycles. The molecule has 5 nitrogen and oxygen atoms in total. The molecule has 1 saturated carbocycles. The van der Waals surface area contributed by atoms with Crippen molar-refractivity contribution >= 4 is 10.0 Å². The van der Waals surface area contributed by atoms with Crippen LogP contribution in [0.3, 0.4) is 0 Å². The third kappa shape index (κ3) is 2.92. The van der Waals surface area contributed by atoms with Gasteiger partial charge in [0.25, 0.3) is 0 Å². The molecule has 2 atom stereocenters. The van der Waals surface area contributed by atoms with Crippen molar-refractivity contribution in [2.45, 2.75) is 50.0 Å². The van der Waals surface area contributed by atoms with Gasteiger partial charge in [-0.25, -0.2) is 13.1 Å². The number of hydrogen-bond donors (Lipinski definition) is 1. The van der Waals surface area contributed by atoms with Gasteiger partial charge in [-0.2, -0.15) is 5.10 Å². The third-order valence-electron chi connectivity index (χ3n) is 3.73. The largest absolute Gasteiger partial charge is 0.274 e. The molecule has 0 aliphatic heterocycles. The number of rotatable bonds is 4. The van der Waals surface area contributed by atoms with Crippen molar-refractivity contribution in [3.63, 3.8) is 0 Å². The molecule has 0 saturated heterocycles. The summed E-state index contributed by atoms with van der Waals surface area (Å²) >= 11 is 0. The molecule has 2 rings (SSSR count). The minimum Gasteiger partial charge on any atom is -0.274 e. The SMILES string of the molecule is CCC1CCCCC1NS(=O)(=O)c1cnn(C)c1. The average molecular weight is 271 g/mol. The molecule has 0 aromatic carbocycles. The monoisotopic (exact) mass is 271 g/mol. The van der Waals surface area contributed by atoms with Crippen LogP contribution in [0.5, 0.6) is 0 Å². The molecule has 1 heterocycles. The van der Waals surface area contributed by atoms with Crippen LogP contribution >= 0.6 is 0 Å². The minimum atomic E-state index is -3.42. The van der Waals surface area contributed by atoms with Gasteiger partial charge in [-0.3, -0.25) is 4.68 Å². The van der Waals surface area contributed by atoms with Crippen LogP contribution in [0.1, 0.15) is 39.0 Å². The molecular weight excluding hydrogens is 250 g/mol. The predicted molar refractivity (Wildman–Crippen MR) is 69.6 cm³/mol. The zero-order valence-corrected chi connectivity index (χ0v) is 11.8. The maximum absolute atomic E-state index is 12.2. The van der Waals surface area contributed by atoms with E-state index in [9.17, 15) is 8.42 Å². The molecule has 0 radical (unpaired) electrons. The van der Waals surface area contributed by atoms with Gasteiger partial charge in [-0.05, 0) is 18.8 Å². The Balaban J connectivity index is 2.12. The van der Waals surface area contributed by atoms with Crippen molar-refractivity contribution in [3.05, 3.63) is 12.4 Å². The van der Waals surface area contributed by atoms with Gasteiger partial charge >= 0.3 is 0 Å². The number of nitrogens with one attached hydrogen (secondary N) is 1. The molecule has 1 aliphatic carbocycles. The van der Waals surface area contributed by atoms with Crippen LogP contribution in [0.2, 0.25) is 0 Å². The summed E-state index contributed by atoms with van der Waals surface area (Å²) < 4.78 is 28.8. The average Bonchev–Trinajstić information content (AvgIpc) is 2.77. The highest BCUT2D eigenvalue weighted by Crippen LogP contribution is 2.27. The van der Waals surface area contributed by atoms with Crippen LogP contribution in [0.15, 0.2) is 17.3 Å². The second kappa shape index (κ2) is 5.40. The molecule has 6 heteroatoms. The van der Waals surface area contributed by atoms with Crippen molar-refractivity contribution in [3.8, 4) is 0 Å². The van der Waals surface area contributed by atoms with Crippen molar-refractivity contribution in [2.24, 2.45) is 13.0 Å². The highest BCUT2D eigenvalue weighted by molar-refractivity contribution is 7.89. The van der Waals surface area contributed by atoms with Crippen molar-refractivity contribution < 1.29 is 8.42 Å². The smallest absolute Gasteiger partial charge is 0.243 e. The van der Waals surface area contributed by atoms with Gasteiger partial charge in [-0.1, -0.05) is 26.2 Å². The Morgan fingerprint density at radius 3 is 2.78 bits per heavy atom. The van der Waals surface area contributed by atoms with E-state index in [0.29, 0.717) is 5.92 Å². The lowest BCUT2D eigenvalue weighted by Crippen LogP contribution is -2.41. The van der Waals surface area contributed by atoms with E-state index in [0.717, 1.165) is 25.7 Å². The quantitative estimate of drug-likeness (QED) is 0.906. The Morgan fingerprint density at radius 2 is 2.17 bits per heavy atom. The van der Waals surface area contributed by atoms with E-state index >= 15 is 0 Å². The molecule has 0 bridgehead atoms. The van der Waals surface area contributed by atoms with Crippen LogP contribution in [0.25, 0.3) is 0 Å². The number of aryl methyl sites for hydroxylation is 1. The molecular formula is C12H21N3O2S. The predicted octanol–water partition coefficient (Wildman–Crippen LogP) is 1.67. The Bertz CT molecular complexity index is 495. The lowest BCUT2D eigenvalue weighted by molar-refractivity contribution is 0.282. The zero-order chi connectivity index (χ0) is 13.2. The van der Waals surface area contributed by atoms with Crippen LogP contribution in [-0.2, 0) is 17.1 Å². The number of hydrogen-bond acceptors (Lipinski definition) is 3. The topological polar surface area (TPSA) is 64.0 Å². The summed E-state index contributed by atoms with van der Waals surface area (Å²) in [4.78, 5) is 0.255. The summed E-state index contributed by atoms with van der Waals surface area (Å²) in [5, 5.41) is 3.91. The summed E-state index contributed by atoms with van der Waals surface area (Å²) in [6.45, 7) is 2.13. The van der Waals surface area contributed by atoms with E-state index in [1.54, 1.807) is 7.05 Å². The first kappa shape index (κ1) is 13.5. The lowest BCUT2D eigenvalue weighted by atomic mass is 9.83. The van der Waals surface area contributed by atoms with Gasteiger partial charge in [0.2, 0.25) is 10.0 Å². The van der Waals surface area contributed by atoms with Gasteiger partial charge in [0.1, 0.15) is 4.90 Å². The highest BCUT2D eigenvalue weighted by Gasteiger charge is 2.28. The molecule has 2 unspecified atom stereocenters. The second-order valence-electron chi connectivity index (χ2n) is 5.03. The maximum atomic E-state index is 12.2. The summed E-state index contributed by atoms with van der Waals surface area (Å²) in [5.41, 5.74) is 0. The highest BCUT2D eigenvalue weighted by atomic mass is 32.2. The van der Waals surface area contributed by atoms with Gasteiger partial charge in [0, 0.05) is 19.3 Å². The van der Waals surface area contributed by atoms with Crippen LogP contribution in [-0.4, -0.2) is 24.2 Å². The van der Waals surface area contributed by atoms with Gasteiger partial charge in [0.15, 0.2) is 0 Å². The molecule has 0 amide bonds. The van der Waals surface area contributed by atoms with Crippen molar-refractivity contribution in [2.75, 3.05) is 0 Å². The third-order valence-corrected chi connectivity index (χ3v) is 5.18. The lowest BCUT2D eigenvalue weighted by Gasteiger charge is -2.31. The van der Waals surface area contributed by atoms with Crippen LogP contribution in [0, 0.1) is 5.92 Å². The van der Waals surface area contributed by atoms with Crippen molar-refractivity contribution in [1.82, 2.24) is 14.5 Å². The normalized spacial score (nSPS) is 25.2. The second-order valence-corrected chi connectivity index (χ2v) is 6.74. The van der Waals surface area contributed by atoms with E-state index in [2.05, 4.69) is 16.7 Å². The number of aromatic nitrogens is 2. The maximum Gasteiger partial charge on any atom is 0.243 e. The first-order valence-electron chi connectivity index (χ1n) is 6.54. The summed E-state index contributed by atoms with van der Waals surface area (Å²) in [7, 11) is -1.70. The van der Waals surface area contributed by atoms with Gasteiger partial charge in [0.05, 0.1) is 6.20 Å². The van der Waals surface area contributed by atoms with E-state index in [1.807, 2.05) is 0 Å². The summed E-state index contributed by atoms with van der Waals surface area (Å²) in [5.74, 6) is 0.463. The molecule has 1 N–H and O–H groups in total. The number of sulfonamides is 1. The Morgan fingerprint density at radius 1 is 1.44 bits per heavy atom. The Kier molecular flexibility index (Phi) is 4.07. The van der Waals surface area contributed by atoms with Crippen LogP contribution in [0.4, 0.5) is 0 Å². The van der Waals surface area contributed by atoms with E-state index in [-0.39, 0.29) is 10.9 Å². The fourth-order valence-corrected chi connectivity index (χ4v) is 3.98. The minimum absolute atomic E-state index is 0.0777. The molecule has 102 valence electrons. The first-order valence-corrected chi connectivity index (χ1v) is 8.02. The van der Waals surface area contributed by atoms with Gasteiger partial charge in [-0.15, -0.1) is 0 Å². The standard InChI is InChI=1S/C12H21N3O2S/c1-3-10-6-4-5-7-12(10)14-18(16,17)11-8-13-15(2)9-11/h8-10,12,14H,3-7H2,1-2H3. The first-order chi connectivity index (χ1) is 8.53. The molecule has 18 heavy (non-hydrogen) atoms. The van der Waals surface area contributed by atoms with Crippen LogP contribution < -0.4 is 4.72 Å². The molecule has 1 fully saturated rings.